The highest BCUT2D eigenvalue weighted by molar-refractivity contribution is 7.99. The van der Waals surface area contributed by atoms with E-state index in [9.17, 15) is 4.79 Å². The summed E-state index contributed by atoms with van der Waals surface area (Å²) in [5.74, 6) is 4.42. The van der Waals surface area contributed by atoms with Crippen molar-refractivity contribution in [2.45, 2.75) is 69.4 Å². The van der Waals surface area contributed by atoms with Crippen LogP contribution < -0.4 is 5.32 Å². The number of thioether (sulfide) groups is 1. The molecule has 1 amide bonds. The molecular formula is C19H29N3O2S. The predicted octanol–water partition coefficient (Wildman–Crippen LogP) is 3.79. The molecule has 4 fully saturated rings. The van der Waals surface area contributed by atoms with Gasteiger partial charge in [-0.05, 0) is 68.6 Å². The van der Waals surface area contributed by atoms with E-state index in [4.69, 9.17) is 4.42 Å². The number of aromatic nitrogens is 2. The van der Waals surface area contributed by atoms with Crippen molar-refractivity contribution in [3.05, 3.63) is 5.89 Å². The molecule has 4 bridgehead atoms. The van der Waals surface area contributed by atoms with Gasteiger partial charge in [-0.25, -0.2) is 0 Å². The maximum absolute atomic E-state index is 11.9. The van der Waals surface area contributed by atoms with E-state index in [2.05, 4.69) is 29.4 Å². The van der Waals surface area contributed by atoms with Gasteiger partial charge in [-0.2, -0.15) is 0 Å². The monoisotopic (exact) mass is 363 g/mol. The third-order valence-electron chi connectivity index (χ3n) is 6.27. The van der Waals surface area contributed by atoms with Crippen LogP contribution in [-0.2, 0) is 10.2 Å². The van der Waals surface area contributed by atoms with Crippen molar-refractivity contribution in [2.24, 2.45) is 23.7 Å². The minimum Gasteiger partial charge on any atom is -0.415 e. The van der Waals surface area contributed by atoms with Crippen LogP contribution in [0.1, 0.15) is 64.7 Å². The molecule has 1 N–H and O–H groups in total. The summed E-state index contributed by atoms with van der Waals surface area (Å²) in [6.45, 7) is 5.05. The summed E-state index contributed by atoms with van der Waals surface area (Å²) in [7, 11) is 0. The summed E-state index contributed by atoms with van der Waals surface area (Å²) in [5.41, 5.74) is 0.139. The van der Waals surface area contributed by atoms with Crippen LogP contribution in [-0.4, -0.2) is 28.4 Å². The first-order chi connectivity index (χ1) is 12.0. The summed E-state index contributed by atoms with van der Waals surface area (Å²) in [5, 5.41) is 12.1. The highest BCUT2D eigenvalue weighted by Gasteiger charge is 2.54. The molecule has 138 valence electrons. The van der Waals surface area contributed by atoms with Gasteiger partial charge in [0.05, 0.1) is 5.75 Å². The van der Waals surface area contributed by atoms with Gasteiger partial charge in [-0.3, -0.25) is 4.79 Å². The van der Waals surface area contributed by atoms with Crippen LogP contribution in [0.5, 0.6) is 0 Å². The zero-order valence-corrected chi connectivity index (χ0v) is 16.1. The predicted molar refractivity (Wildman–Crippen MR) is 97.3 cm³/mol. The van der Waals surface area contributed by atoms with Gasteiger partial charge in [0.25, 0.3) is 5.22 Å². The van der Waals surface area contributed by atoms with Crippen molar-refractivity contribution in [3.8, 4) is 0 Å². The van der Waals surface area contributed by atoms with Crippen LogP contribution in [0, 0.1) is 23.7 Å². The number of carbonyl (C=O) groups excluding carboxylic acids is 1. The number of carbonyl (C=O) groups is 1. The van der Waals surface area contributed by atoms with Crippen molar-refractivity contribution < 1.29 is 9.21 Å². The maximum Gasteiger partial charge on any atom is 0.277 e. The summed E-state index contributed by atoms with van der Waals surface area (Å²) in [6.07, 6.45) is 8.90. The number of hydrogen-bond acceptors (Lipinski definition) is 5. The van der Waals surface area contributed by atoms with Crippen LogP contribution >= 0.6 is 11.8 Å². The molecule has 1 aromatic rings. The van der Waals surface area contributed by atoms with Gasteiger partial charge in [0.1, 0.15) is 0 Å². The Morgan fingerprint density at radius 1 is 1.20 bits per heavy atom. The normalized spacial score (nSPS) is 33.2. The first-order valence-electron chi connectivity index (χ1n) is 9.76. The fourth-order valence-corrected chi connectivity index (χ4v) is 6.13. The van der Waals surface area contributed by atoms with Gasteiger partial charge in [-0.1, -0.05) is 25.6 Å². The van der Waals surface area contributed by atoms with Gasteiger partial charge >= 0.3 is 0 Å². The Morgan fingerprint density at radius 2 is 1.84 bits per heavy atom. The fraction of sp³-hybridized carbons (Fsp3) is 0.842. The summed E-state index contributed by atoms with van der Waals surface area (Å²) in [6, 6.07) is 0. The molecule has 0 unspecified atom stereocenters. The molecule has 4 aliphatic rings. The van der Waals surface area contributed by atoms with Crippen LogP contribution in [0.3, 0.4) is 0 Å². The van der Waals surface area contributed by atoms with Gasteiger partial charge in [0, 0.05) is 12.0 Å². The molecule has 0 radical (unpaired) electrons. The molecular weight excluding hydrogens is 334 g/mol. The van der Waals surface area contributed by atoms with Gasteiger partial charge in [0.2, 0.25) is 11.8 Å². The van der Waals surface area contributed by atoms with Crippen molar-refractivity contribution in [1.82, 2.24) is 15.5 Å². The van der Waals surface area contributed by atoms with Gasteiger partial charge < -0.3 is 9.73 Å². The number of rotatable bonds is 7. The third kappa shape index (κ3) is 3.74. The zero-order valence-electron chi connectivity index (χ0n) is 15.3. The van der Waals surface area contributed by atoms with E-state index in [0.29, 0.717) is 16.9 Å². The number of hydrogen-bond donors (Lipinski definition) is 1. The molecule has 4 saturated carbocycles. The second-order valence-electron chi connectivity index (χ2n) is 8.89. The van der Waals surface area contributed by atoms with E-state index in [1.165, 1.54) is 50.3 Å². The lowest BCUT2D eigenvalue weighted by Crippen LogP contribution is -2.48. The fourth-order valence-electron chi connectivity index (χ4n) is 5.53. The first kappa shape index (κ1) is 17.4. The molecule has 0 spiro atoms. The first-order valence-corrected chi connectivity index (χ1v) is 10.7. The SMILES string of the molecule is CC(C)CCNC(=O)CSc1nnc(C23CC4CC(CC(C4)C2)C3)o1. The molecule has 25 heavy (non-hydrogen) atoms. The van der Waals surface area contributed by atoms with E-state index < -0.39 is 0 Å². The Labute approximate surface area is 154 Å². The molecule has 5 nitrogen and oxygen atoms in total. The second-order valence-corrected chi connectivity index (χ2v) is 9.82. The Hall–Kier alpha value is -1.04. The summed E-state index contributed by atoms with van der Waals surface area (Å²) in [4.78, 5) is 11.9. The van der Waals surface area contributed by atoms with E-state index in [1.54, 1.807) is 0 Å². The highest BCUT2D eigenvalue weighted by atomic mass is 32.2. The quantitative estimate of drug-likeness (QED) is 0.747. The van der Waals surface area contributed by atoms with Crippen LogP contribution in [0.2, 0.25) is 0 Å². The van der Waals surface area contributed by atoms with Crippen molar-refractivity contribution in [2.75, 3.05) is 12.3 Å². The number of nitrogens with one attached hydrogen (secondary N) is 1. The minimum absolute atomic E-state index is 0.0419. The van der Waals surface area contributed by atoms with Gasteiger partial charge in [0.15, 0.2) is 0 Å². The average Bonchev–Trinajstić information content (AvgIpc) is 3.01. The molecule has 5 rings (SSSR count). The van der Waals surface area contributed by atoms with E-state index >= 15 is 0 Å². The molecule has 4 aliphatic carbocycles. The molecule has 0 atom stereocenters. The Morgan fingerprint density at radius 3 is 2.44 bits per heavy atom. The number of nitrogens with zero attached hydrogens (tertiary/aromatic N) is 2. The lowest BCUT2D eigenvalue weighted by atomic mass is 9.49. The Bertz CT molecular complexity index is 593. The van der Waals surface area contributed by atoms with Crippen LogP contribution in [0.15, 0.2) is 9.64 Å². The van der Waals surface area contributed by atoms with Crippen molar-refractivity contribution >= 4 is 17.7 Å². The van der Waals surface area contributed by atoms with Crippen LogP contribution in [0.4, 0.5) is 0 Å². The molecule has 0 aromatic carbocycles. The third-order valence-corrected chi connectivity index (χ3v) is 7.09. The minimum atomic E-state index is 0.0419. The maximum atomic E-state index is 11.9. The molecule has 0 aliphatic heterocycles. The Kier molecular flexibility index (Phi) is 4.82. The van der Waals surface area contributed by atoms with E-state index in [1.807, 2.05) is 0 Å². The van der Waals surface area contributed by atoms with E-state index in [-0.39, 0.29) is 11.3 Å². The topological polar surface area (TPSA) is 68.0 Å². The summed E-state index contributed by atoms with van der Waals surface area (Å²) >= 11 is 1.36. The lowest BCUT2D eigenvalue weighted by Gasteiger charge is -2.55. The molecule has 1 aromatic heterocycles. The van der Waals surface area contributed by atoms with Crippen molar-refractivity contribution in [3.63, 3.8) is 0 Å². The second kappa shape index (κ2) is 6.93. The smallest absolute Gasteiger partial charge is 0.277 e. The lowest BCUT2D eigenvalue weighted by molar-refractivity contribution is -0.118. The van der Waals surface area contributed by atoms with Crippen LogP contribution in [0.25, 0.3) is 0 Å². The van der Waals surface area contributed by atoms with Crippen molar-refractivity contribution in [1.29, 1.82) is 0 Å². The molecule has 1 heterocycles. The molecule has 6 heteroatoms. The highest BCUT2D eigenvalue weighted by Crippen LogP contribution is 2.60. The largest absolute Gasteiger partial charge is 0.415 e. The van der Waals surface area contributed by atoms with E-state index in [0.717, 1.165) is 36.6 Å². The summed E-state index contributed by atoms with van der Waals surface area (Å²) < 4.78 is 6.02. The average molecular weight is 364 g/mol. The van der Waals surface area contributed by atoms with Gasteiger partial charge in [-0.15, -0.1) is 10.2 Å². The zero-order chi connectivity index (χ0) is 17.4. The molecule has 0 saturated heterocycles. The number of amides is 1. The Balaban J connectivity index is 1.33. The standard InChI is InChI=1S/C19H29N3O2S/c1-12(2)3-4-20-16(23)11-25-18-22-21-17(24-18)19-8-13-5-14(9-19)7-15(6-13)10-19/h12-15H,3-11H2,1-2H3,(H,20,23).